The molecular formula is C38H52O3. The fraction of sp³-hybridized carbons (Fsp3) is 0.368. The summed E-state index contributed by atoms with van der Waals surface area (Å²) in [4.78, 5) is 23.2. The standard InChI is InChI=1S/C32H34O3.3C2H6/c1-23(2)31(33)18-17-25-5-9-27(10-6-25)21-29-13-15-30(16-14-29)22-28-11-7-26(8-12-28)19-20-35-32(34)24(3)4;3*1-2/h5-16H,1,3,17-22H2,2,4H3;3*1-2H3. The van der Waals surface area contributed by atoms with E-state index < -0.39 is 0 Å². The van der Waals surface area contributed by atoms with Gasteiger partial charge >= 0.3 is 5.97 Å². The smallest absolute Gasteiger partial charge is 0.333 e. The van der Waals surface area contributed by atoms with Crippen molar-refractivity contribution in [2.24, 2.45) is 0 Å². The Morgan fingerprint density at radius 3 is 1.17 bits per heavy atom. The van der Waals surface area contributed by atoms with Gasteiger partial charge in [-0.2, -0.15) is 0 Å². The molecule has 41 heavy (non-hydrogen) atoms. The maximum absolute atomic E-state index is 11.7. The van der Waals surface area contributed by atoms with Crippen molar-refractivity contribution in [1.82, 2.24) is 0 Å². The van der Waals surface area contributed by atoms with Crippen LogP contribution in [0.5, 0.6) is 0 Å². The molecule has 3 nitrogen and oxygen atoms in total. The molecule has 0 N–H and O–H groups in total. The van der Waals surface area contributed by atoms with E-state index in [0.29, 0.717) is 30.6 Å². The minimum absolute atomic E-state index is 0.131. The highest BCUT2D eigenvalue weighted by Crippen LogP contribution is 2.16. The molecule has 0 amide bonds. The number of esters is 1. The molecule has 3 heteroatoms. The molecule has 0 aliphatic rings. The number of hydrogen-bond donors (Lipinski definition) is 0. The molecule has 0 saturated carbocycles. The second-order valence-corrected chi connectivity index (χ2v) is 9.17. The summed E-state index contributed by atoms with van der Waals surface area (Å²) in [6.07, 6.45) is 3.73. The van der Waals surface area contributed by atoms with E-state index in [4.69, 9.17) is 4.74 Å². The molecule has 0 fully saturated rings. The predicted molar refractivity (Wildman–Crippen MR) is 177 cm³/mol. The Hall–Kier alpha value is -3.72. The van der Waals surface area contributed by atoms with Crippen molar-refractivity contribution < 1.29 is 14.3 Å². The van der Waals surface area contributed by atoms with Crippen molar-refractivity contribution in [2.45, 2.75) is 87.5 Å². The van der Waals surface area contributed by atoms with Crippen LogP contribution in [-0.4, -0.2) is 18.4 Å². The van der Waals surface area contributed by atoms with Crippen molar-refractivity contribution in [3.63, 3.8) is 0 Å². The number of carbonyl (C=O) groups is 2. The highest BCUT2D eigenvalue weighted by Gasteiger charge is 2.05. The van der Waals surface area contributed by atoms with Crippen LogP contribution in [0.3, 0.4) is 0 Å². The Morgan fingerprint density at radius 2 is 0.854 bits per heavy atom. The molecule has 0 spiro atoms. The SMILES string of the molecule is C=C(C)C(=O)CCc1ccc(Cc2ccc(Cc3ccc(CCOC(=O)C(=C)C)cc3)cc2)cc1.CC.CC.CC. The van der Waals surface area contributed by atoms with Gasteiger partial charge < -0.3 is 4.74 Å². The number of hydrogen-bond acceptors (Lipinski definition) is 3. The minimum Gasteiger partial charge on any atom is -0.462 e. The van der Waals surface area contributed by atoms with Crippen LogP contribution in [0, 0.1) is 0 Å². The first-order valence-corrected chi connectivity index (χ1v) is 15.0. The van der Waals surface area contributed by atoms with Crippen molar-refractivity contribution >= 4 is 11.8 Å². The van der Waals surface area contributed by atoms with Gasteiger partial charge in [-0.3, -0.25) is 4.79 Å². The molecule has 3 aromatic carbocycles. The molecule has 3 aromatic rings. The summed E-state index contributed by atoms with van der Waals surface area (Å²) in [5.41, 5.74) is 8.44. The lowest BCUT2D eigenvalue weighted by Gasteiger charge is -2.08. The van der Waals surface area contributed by atoms with E-state index in [-0.39, 0.29) is 11.8 Å². The van der Waals surface area contributed by atoms with Gasteiger partial charge in [0.2, 0.25) is 0 Å². The van der Waals surface area contributed by atoms with Crippen LogP contribution in [0.15, 0.2) is 97.1 Å². The average Bonchev–Trinajstić information content (AvgIpc) is 3.01. The number of aryl methyl sites for hydroxylation is 1. The van der Waals surface area contributed by atoms with Crippen molar-refractivity contribution in [2.75, 3.05) is 6.61 Å². The van der Waals surface area contributed by atoms with Crippen LogP contribution in [0.2, 0.25) is 0 Å². The van der Waals surface area contributed by atoms with Crippen LogP contribution in [0.25, 0.3) is 0 Å². The lowest BCUT2D eigenvalue weighted by atomic mass is 9.98. The topological polar surface area (TPSA) is 43.4 Å². The van der Waals surface area contributed by atoms with Crippen LogP contribution in [0.4, 0.5) is 0 Å². The third-order valence-electron chi connectivity index (χ3n) is 5.97. The Kier molecular flexibility index (Phi) is 20.0. The highest BCUT2D eigenvalue weighted by molar-refractivity contribution is 5.94. The highest BCUT2D eigenvalue weighted by atomic mass is 16.5. The minimum atomic E-state index is -0.339. The zero-order chi connectivity index (χ0) is 31.2. The summed E-state index contributed by atoms with van der Waals surface area (Å²) in [6, 6.07) is 25.8. The van der Waals surface area contributed by atoms with Gasteiger partial charge in [-0.05, 0) is 72.1 Å². The number of ketones is 1. The second-order valence-electron chi connectivity index (χ2n) is 9.17. The Labute approximate surface area is 250 Å². The van der Waals surface area contributed by atoms with Gasteiger partial charge in [0.15, 0.2) is 5.78 Å². The molecular weight excluding hydrogens is 504 g/mol. The number of benzene rings is 3. The Bertz CT molecular complexity index is 1170. The van der Waals surface area contributed by atoms with E-state index in [1.165, 1.54) is 27.8 Å². The van der Waals surface area contributed by atoms with Gasteiger partial charge in [0.05, 0.1) is 6.61 Å². The molecule has 0 heterocycles. The monoisotopic (exact) mass is 556 g/mol. The molecule has 0 unspecified atom stereocenters. The van der Waals surface area contributed by atoms with Gasteiger partial charge in [0, 0.05) is 18.4 Å². The quantitative estimate of drug-likeness (QED) is 0.165. The summed E-state index contributed by atoms with van der Waals surface area (Å²) in [6.45, 7) is 23.1. The van der Waals surface area contributed by atoms with Crippen LogP contribution in [0.1, 0.15) is 95.2 Å². The van der Waals surface area contributed by atoms with Gasteiger partial charge in [-0.1, -0.05) is 127 Å². The first kappa shape index (κ1) is 37.3. The summed E-state index contributed by atoms with van der Waals surface area (Å²) >= 11 is 0. The van der Waals surface area contributed by atoms with Gasteiger partial charge in [0.25, 0.3) is 0 Å². The third kappa shape index (κ3) is 15.0. The average molecular weight is 557 g/mol. The summed E-state index contributed by atoms with van der Waals surface area (Å²) in [5, 5.41) is 0. The Balaban J connectivity index is 0.00000250. The maximum Gasteiger partial charge on any atom is 0.333 e. The third-order valence-corrected chi connectivity index (χ3v) is 5.97. The molecule has 0 saturated heterocycles. The molecule has 0 bridgehead atoms. The first-order chi connectivity index (χ1) is 19.8. The second kappa shape index (κ2) is 22.0. The Morgan fingerprint density at radius 1 is 0.537 bits per heavy atom. The molecule has 0 atom stereocenters. The van der Waals surface area contributed by atoms with E-state index in [9.17, 15) is 9.59 Å². The number of Topliss-reactive ketones (excluding diaryl/α,β-unsaturated/α-hetero) is 1. The summed E-state index contributed by atoms with van der Waals surface area (Å²) in [7, 11) is 0. The lowest BCUT2D eigenvalue weighted by molar-refractivity contribution is -0.138. The van der Waals surface area contributed by atoms with Crippen LogP contribution in [-0.2, 0) is 40.0 Å². The van der Waals surface area contributed by atoms with E-state index >= 15 is 0 Å². The van der Waals surface area contributed by atoms with E-state index in [2.05, 4.69) is 86.0 Å². The van der Waals surface area contributed by atoms with Crippen LogP contribution < -0.4 is 0 Å². The lowest BCUT2D eigenvalue weighted by Crippen LogP contribution is -2.08. The first-order valence-electron chi connectivity index (χ1n) is 15.0. The molecule has 3 rings (SSSR count). The zero-order valence-corrected chi connectivity index (χ0v) is 26.8. The molecule has 222 valence electrons. The number of carbonyl (C=O) groups excluding carboxylic acids is 2. The molecule has 0 radical (unpaired) electrons. The number of allylic oxidation sites excluding steroid dienone is 1. The molecule has 0 aliphatic carbocycles. The maximum atomic E-state index is 11.7. The van der Waals surface area contributed by atoms with Gasteiger partial charge in [0.1, 0.15) is 0 Å². The fourth-order valence-corrected chi connectivity index (χ4v) is 3.75. The van der Waals surface area contributed by atoms with Crippen molar-refractivity contribution in [1.29, 1.82) is 0 Å². The van der Waals surface area contributed by atoms with E-state index in [0.717, 1.165) is 24.8 Å². The fourth-order valence-electron chi connectivity index (χ4n) is 3.75. The van der Waals surface area contributed by atoms with E-state index in [1.54, 1.807) is 13.8 Å². The zero-order valence-electron chi connectivity index (χ0n) is 26.8. The molecule has 0 aromatic heterocycles. The largest absolute Gasteiger partial charge is 0.462 e. The number of ether oxygens (including phenoxy) is 1. The van der Waals surface area contributed by atoms with Gasteiger partial charge in [-0.15, -0.1) is 0 Å². The van der Waals surface area contributed by atoms with E-state index in [1.807, 2.05) is 41.5 Å². The predicted octanol–water partition coefficient (Wildman–Crippen LogP) is 9.69. The van der Waals surface area contributed by atoms with Crippen molar-refractivity contribution in [3.05, 3.63) is 130 Å². The summed E-state index contributed by atoms with van der Waals surface area (Å²) in [5.74, 6) is -0.208. The van der Waals surface area contributed by atoms with Gasteiger partial charge in [-0.25, -0.2) is 4.79 Å². The molecule has 0 aliphatic heterocycles. The number of rotatable bonds is 12. The van der Waals surface area contributed by atoms with Crippen molar-refractivity contribution in [3.8, 4) is 0 Å². The summed E-state index contributed by atoms with van der Waals surface area (Å²) < 4.78 is 5.17. The normalized spacial score (nSPS) is 9.46. The van der Waals surface area contributed by atoms with Crippen LogP contribution >= 0.6 is 0 Å².